The second kappa shape index (κ2) is 5.56. The van der Waals surface area contributed by atoms with Gasteiger partial charge in [-0.25, -0.2) is 4.39 Å². The number of carbonyl (C=O) groups is 1. The van der Waals surface area contributed by atoms with Gasteiger partial charge in [0.2, 0.25) is 0 Å². The highest BCUT2D eigenvalue weighted by Crippen LogP contribution is 2.21. The molecule has 0 unspecified atom stereocenters. The van der Waals surface area contributed by atoms with Crippen molar-refractivity contribution in [1.82, 2.24) is 0 Å². The summed E-state index contributed by atoms with van der Waals surface area (Å²) in [4.78, 5) is 12.1. The Morgan fingerprint density at radius 2 is 2.05 bits per heavy atom. The molecule has 0 aliphatic rings. The van der Waals surface area contributed by atoms with E-state index in [4.69, 9.17) is 5.11 Å². The Kier molecular flexibility index (Phi) is 4.04. The molecule has 0 aromatic heterocycles. The molecule has 19 heavy (non-hydrogen) atoms. The minimum Gasteiger partial charge on any atom is -0.505 e. The SMILES string of the molecule is Cc1cccc(C(=O)Nc2ccc(O)c(F)c2)c1I. The van der Waals surface area contributed by atoms with E-state index in [1.165, 1.54) is 12.1 Å². The molecule has 0 aliphatic carbocycles. The van der Waals surface area contributed by atoms with Gasteiger partial charge in [0.15, 0.2) is 11.6 Å². The quantitative estimate of drug-likeness (QED) is 0.625. The van der Waals surface area contributed by atoms with Gasteiger partial charge in [-0.15, -0.1) is 0 Å². The summed E-state index contributed by atoms with van der Waals surface area (Å²) in [6, 6.07) is 9.14. The fourth-order valence-electron chi connectivity index (χ4n) is 1.61. The number of phenols is 1. The molecule has 3 nitrogen and oxygen atoms in total. The number of hydrogen-bond acceptors (Lipinski definition) is 2. The predicted octanol–water partition coefficient (Wildman–Crippen LogP) is 3.70. The number of rotatable bonds is 2. The zero-order valence-electron chi connectivity index (χ0n) is 10.1. The Labute approximate surface area is 123 Å². The van der Waals surface area contributed by atoms with Crippen LogP contribution in [0.15, 0.2) is 36.4 Å². The van der Waals surface area contributed by atoms with E-state index in [1.807, 2.05) is 13.0 Å². The largest absolute Gasteiger partial charge is 0.505 e. The Balaban J connectivity index is 2.26. The lowest BCUT2D eigenvalue weighted by molar-refractivity contribution is 0.102. The molecule has 0 radical (unpaired) electrons. The Hall–Kier alpha value is -1.63. The number of carbonyl (C=O) groups excluding carboxylic acids is 1. The van der Waals surface area contributed by atoms with Crippen molar-refractivity contribution in [1.29, 1.82) is 0 Å². The van der Waals surface area contributed by atoms with Gasteiger partial charge in [-0.2, -0.15) is 0 Å². The normalized spacial score (nSPS) is 10.3. The van der Waals surface area contributed by atoms with Crippen LogP contribution in [0, 0.1) is 16.3 Å². The van der Waals surface area contributed by atoms with E-state index in [9.17, 15) is 9.18 Å². The number of halogens is 2. The van der Waals surface area contributed by atoms with Crippen molar-refractivity contribution in [2.24, 2.45) is 0 Å². The van der Waals surface area contributed by atoms with E-state index in [0.717, 1.165) is 15.2 Å². The molecule has 98 valence electrons. The Morgan fingerprint density at radius 1 is 1.32 bits per heavy atom. The van der Waals surface area contributed by atoms with Crippen molar-refractivity contribution in [2.75, 3.05) is 5.32 Å². The number of anilines is 1. The average molecular weight is 371 g/mol. The molecule has 5 heteroatoms. The Morgan fingerprint density at radius 3 is 2.74 bits per heavy atom. The summed E-state index contributed by atoms with van der Waals surface area (Å²) in [5, 5.41) is 11.7. The van der Waals surface area contributed by atoms with Crippen LogP contribution in [-0.2, 0) is 0 Å². The highest BCUT2D eigenvalue weighted by Gasteiger charge is 2.12. The molecule has 2 N–H and O–H groups in total. The zero-order chi connectivity index (χ0) is 14.0. The zero-order valence-corrected chi connectivity index (χ0v) is 12.2. The summed E-state index contributed by atoms with van der Waals surface area (Å²) in [6.45, 7) is 1.92. The number of benzene rings is 2. The van der Waals surface area contributed by atoms with Crippen LogP contribution in [0.2, 0.25) is 0 Å². The van der Waals surface area contributed by atoms with Crippen molar-refractivity contribution < 1.29 is 14.3 Å². The highest BCUT2D eigenvalue weighted by molar-refractivity contribution is 14.1. The van der Waals surface area contributed by atoms with Crippen molar-refractivity contribution in [3.05, 3.63) is 56.9 Å². The minimum absolute atomic E-state index is 0.303. The topological polar surface area (TPSA) is 49.3 Å². The standard InChI is InChI=1S/C14H11FINO2/c1-8-3-2-4-10(13(8)16)14(19)17-9-5-6-12(18)11(15)7-9/h2-7,18H,1H3,(H,17,19). The van der Waals surface area contributed by atoms with Gasteiger partial charge in [0.1, 0.15) is 0 Å². The minimum atomic E-state index is -0.767. The van der Waals surface area contributed by atoms with Crippen LogP contribution >= 0.6 is 22.6 Å². The molecule has 2 aromatic carbocycles. The maximum atomic E-state index is 13.2. The third-order valence-corrected chi connectivity index (χ3v) is 4.07. The number of amides is 1. The van der Waals surface area contributed by atoms with Crippen LogP contribution < -0.4 is 5.32 Å². The van der Waals surface area contributed by atoms with Crippen LogP contribution in [0.4, 0.5) is 10.1 Å². The van der Waals surface area contributed by atoms with Gasteiger partial charge in [0, 0.05) is 15.3 Å². The summed E-state index contributed by atoms with van der Waals surface area (Å²) < 4.78 is 14.0. The van der Waals surface area contributed by atoms with Crippen molar-refractivity contribution in [3.63, 3.8) is 0 Å². The lowest BCUT2D eigenvalue weighted by Gasteiger charge is -2.09. The van der Waals surface area contributed by atoms with Crippen LogP contribution in [0.5, 0.6) is 5.75 Å². The van der Waals surface area contributed by atoms with E-state index in [-0.39, 0.29) is 5.91 Å². The van der Waals surface area contributed by atoms with Gasteiger partial charge >= 0.3 is 0 Å². The lowest BCUT2D eigenvalue weighted by Crippen LogP contribution is -2.14. The smallest absolute Gasteiger partial charge is 0.256 e. The fraction of sp³-hybridized carbons (Fsp3) is 0.0714. The monoisotopic (exact) mass is 371 g/mol. The fourth-order valence-corrected chi connectivity index (χ4v) is 2.21. The molecule has 0 atom stereocenters. The summed E-state index contributed by atoms with van der Waals surface area (Å²) in [5.41, 5.74) is 1.84. The molecular weight excluding hydrogens is 360 g/mol. The first-order valence-corrected chi connectivity index (χ1v) is 6.62. The first-order chi connectivity index (χ1) is 8.99. The molecule has 2 aromatic rings. The van der Waals surface area contributed by atoms with Gasteiger partial charge in [-0.3, -0.25) is 4.79 Å². The van der Waals surface area contributed by atoms with Crippen LogP contribution in [0.1, 0.15) is 15.9 Å². The molecule has 0 fully saturated rings. The van der Waals surface area contributed by atoms with Gasteiger partial charge in [0.25, 0.3) is 5.91 Å². The van der Waals surface area contributed by atoms with E-state index in [2.05, 4.69) is 27.9 Å². The summed E-state index contributed by atoms with van der Waals surface area (Å²) in [6.07, 6.45) is 0. The number of phenolic OH excluding ortho intramolecular Hbond substituents is 1. The third-order valence-electron chi connectivity index (χ3n) is 2.64. The van der Waals surface area contributed by atoms with Crippen molar-refractivity contribution >= 4 is 34.2 Å². The summed E-state index contributed by atoms with van der Waals surface area (Å²) in [5.74, 6) is -1.52. The van der Waals surface area contributed by atoms with Crippen LogP contribution in [-0.4, -0.2) is 11.0 Å². The first-order valence-electron chi connectivity index (χ1n) is 5.54. The van der Waals surface area contributed by atoms with Gasteiger partial charge in [-0.05, 0) is 53.3 Å². The van der Waals surface area contributed by atoms with Gasteiger partial charge in [0.05, 0.1) is 5.56 Å². The maximum absolute atomic E-state index is 13.2. The van der Waals surface area contributed by atoms with Crippen LogP contribution in [0.3, 0.4) is 0 Å². The molecule has 1 amide bonds. The van der Waals surface area contributed by atoms with Crippen LogP contribution in [0.25, 0.3) is 0 Å². The number of hydrogen-bond donors (Lipinski definition) is 2. The maximum Gasteiger partial charge on any atom is 0.256 e. The molecule has 0 heterocycles. The molecule has 0 aliphatic heterocycles. The summed E-state index contributed by atoms with van der Waals surface area (Å²) >= 11 is 2.10. The average Bonchev–Trinajstić information content (AvgIpc) is 2.37. The second-order valence-corrected chi connectivity index (χ2v) is 5.14. The number of aromatic hydroxyl groups is 1. The van der Waals surface area contributed by atoms with E-state index < -0.39 is 11.6 Å². The van der Waals surface area contributed by atoms with E-state index in [1.54, 1.807) is 12.1 Å². The first kappa shape index (κ1) is 13.8. The highest BCUT2D eigenvalue weighted by atomic mass is 127. The summed E-state index contributed by atoms with van der Waals surface area (Å²) in [7, 11) is 0. The number of nitrogens with one attached hydrogen (secondary N) is 1. The molecule has 0 saturated carbocycles. The van der Waals surface area contributed by atoms with E-state index >= 15 is 0 Å². The van der Waals surface area contributed by atoms with E-state index in [0.29, 0.717) is 11.3 Å². The van der Waals surface area contributed by atoms with Gasteiger partial charge < -0.3 is 10.4 Å². The second-order valence-electron chi connectivity index (χ2n) is 4.06. The third kappa shape index (κ3) is 3.04. The molecular formula is C14H11FINO2. The molecule has 2 rings (SSSR count). The molecule has 0 saturated heterocycles. The lowest BCUT2D eigenvalue weighted by atomic mass is 10.1. The predicted molar refractivity (Wildman–Crippen MR) is 79.9 cm³/mol. The Bertz CT molecular complexity index is 643. The van der Waals surface area contributed by atoms with Crippen molar-refractivity contribution in [3.8, 4) is 5.75 Å². The molecule has 0 spiro atoms. The number of aryl methyl sites for hydroxylation is 1. The van der Waals surface area contributed by atoms with Gasteiger partial charge in [-0.1, -0.05) is 12.1 Å². The van der Waals surface area contributed by atoms with Crippen molar-refractivity contribution in [2.45, 2.75) is 6.92 Å². The molecule has 0 bridgehead atoms.